The summed E-state index contributed by atoms with van der Waals surface area (Å²) in [6.07, 6.45) is 1.67. The smallest absolute Gasteiger partial charge is 0.339 e. The summed E-state index contributed by atoms with van der Waals surface area (Å²) in [6.45, 7) is 4.10. The maximum atomic E-state index is 10.9. The van der Waals surface area contributed by atoms with Crippen LogP contribution in [0.2, 0.25) is 5.02 Å². The van der Waals surface area contributed by atoms with Crippen LogP contribution in [0.15, 0.2) is 24.8 Å². The number of anilines is 1. The van der Waals surface area contributed by atoms with Crippen LogP contribution >= 0.6 is 11.6 Å². The molecule has 0 atom stereocenters. The number of ether oxygens (including phenoxy) is 1. The lowest BCUT2D eigenvalue weighted by atomic mass is 10.2. The molecule has 0 aliphatic rings. The van der Waals surface area contributed by atoms with Crippen molar-refractivity contribution in [2.75, 3.05) is 19.0 Å². The van der Waals surface area contributed by atoms with E-state index in [0.717, 1.165) is 0 Å². The van der Waals surface area contributed by atoms with Gasteiger partial charge < -0.3 is 15.2 Å². The van der Waals surface area contributed by atoms with Crippen molar-refractivity contribution in [3.63, 3.8) is 0 Å². The topological polar surface area (TPSA) is 58.6 Å². The van der Waals surface area contributed by atoms with Gasteiger partial charge in [0, 0.05) is 12.6 Å². The summed E-state index contributed by atoms with van der Waals surface area (Å²) >= 11 is 5.92. The first-order valence-electron chi connectivity index (χ1n) is 4.55. The van der Waals surface area contributed by atoms with Gasteiger partial charge in [0.25, 0.3) is 0 Å². The van der Waals surface area contributed by atoms with Crippen LogP contribution in [-0.2, 0) is 0 Å². The van der Waals surface area contributed by atoms with E-state index < -0.39 is 5.97 Å². The van der Waals surface area contributed by atoms with Crippen molar-refractivity contribution in [2.45, 2.75) is 0 Å². The molecule has 0 aliphatic carbocycles. The Labute approximate surface area is 98.5 Å². The number of methoxy groups -OCH3 is 1. The normalized spacial score (nSPS) is 9.62. The summed E-state index contributed by atoms with van der Waals surface area (Å²) in [5.41, 5.74) is 0.653. The molecular formula is C11H12ClNO3. The summed E-state index contributed by atoms with van der Waals surface area (Å²) in [4.78, 5) is 10.9. The van der Waals surface area contributed by atoms with Gasteiger partial charge >= 0.3 is 5.97 Å². The van der Waals surface area contributed by atoms with Crippen LogP contribution in [0.4, 0.5) is 5.69 Å². The Morgan fingerprint density at radius 3 is 2.88 bits per heavy atom. The van der Waals surface area contributed by atoms with Crippen molar-refractivity contribution in [2.24, 2.45) is 0 Å². The minimum absolute atomic E-state index is 0.0386. The van der Waals surface area contributed by atoms with Gasteiger partial charge in [0.05, 0.1) is 17.8 Å². The highest BCUT2D eigenvalue weighted by Gasteiger charge is 2.14. The van der Waals surface area contributed by atoms with Crippen molar-refractivity contribution < 1.29 is 14.6 Å². The molecule has 0 aromatic heterocycles. The van der Waals surface area contributed by atoms with Gasteiger partial charge in [-0.1, -0.05) is 17.7 Å². The van der Waals surface area contributed by atoms with Gasteiger partial charge in [-0.25, -0.2) is 4.79 Å². The third-order valence-corrected chi connectivity index (χ3v) is 2.27. The Hall–Kier alpha value is -1.68. The fourth-order valence-corrected chi connectivity index (χ4v) is 1.44. The Morgan fingerprint density at radius 2 is 2.38 bits per heavy atom. The van der Waals surface area contributed by atoms with Gasteiger partial charge in [-0.15, -0.1) is 6.58 Å². The summed E-state index contributed by atoms with van der Waals surface area (Å²) < 4.78 is 4.98. The number of rotatable bonds is 5. The van der Waals surface area contributed by atoms with E-state index in [0.29, 0.717) is 17.3 Å². The monoisotopic (exact) mass is 241 g/mol. The lowest BCUT2D eigenvalue weighted by Crippen LogP contribution is -2.04. The van der Waals surface area contributed by atoms with Crippen LogP contribution in [0.25, 0.3) is 0 Å². The molecule has 0 amide bonds. The van der Waals surface area contributed by atoms with Crippen LogP contribution in [0, 0.1) is 0 Å². The van der Waals surface area contributed by atoms with Gasteiger partial charge in [-0.2, -0.15) is 0 Å². The SMILES string of the molecule is C=CCNc1cc(OC)c(C(=O)O)cc1Cl. The predicted octanol–water partition coefficient (Wildman–Crippen LogP) is 2.64. The lowest BCUT2D eigenvalue weighted by molar-refractivity contribution is 0.0693. The molecule has 5 heteroatoms. The maximum absolute atomic E-state index is 10.9. The van der Waals surface area contributed by atoms with Crippen LogP contribution in [0.3, 0.4) is 0 Å². The number of nitrogens with one attached hydrogen (secondary N) is 1. The van der Waals surface area contributed by atoms with Crippen LogP contribution in [0.1, 0.15) is 10.4 Å². The highest BCUT2D eigenvalue weighted by atomic mass is 35.5. The van der Waals surface area contributed by atoms with Crippen molar-refractivity contribution in [1.29, 1.82) is 0 Å². The molecule has 0 spiro atoms. The van der Waals surface area contributed by atoms with E-state index in [4.69, 9.17) is 21.4 Å². The molecule has 0 saturated carbocycles. The number of benzene rings is 1. The van der Waals surface area contributed by atoms with Gasteiger partial charge in [0.2, 0.25) is 0 Å². The molecule has 0 unspecified atom stereocenters. The second kappa shape index (κ2) is 5.42. The van der Waals surface area contributed by atoms with Crippen molar-refractivity contribution in [3.8, 4) is 5.75 Å². The number of aromatic carboxylic acids is 1. The zero-order chi connectivity index (χ0) is 12.1. The molecule has 1 aromatic rings. The lowest BCUT2D eigenvalue weighted by Gasteiger charge is -2.11. The highest BCUT2D eigenvalue weighted by molar-refractivity contribution is 6.33. The van der Waals surface area contributed by atoms with Crippen molar-refractivity contribution >= 4 is 23.3 Å². The molecule has 0 saturated heterocycles. The Morgan fingerprint density at radius 1 is 1.69 bits per heavy atom. The third kappa shape index (κ3) is 2.67. The van der Waals surface area contributed by atoms with E-state index in [1.165, 1.54) is 13.2 Å². The molecule has 0 fully saturated rings. The third-order valence-electron chi connectivity index (χ3n) is 1.96. The van der Waals surface area contributed by atoms with E-state index in [9.17, 15) is 4.79 Å². The van der Waals surface area contributed by atoms with Crippen molar-refractivity contribution in [3.05, 3.63) is 35.4 Å². The first-order chi connectivity index (χ1) is 7.60. The molecule has 0 heterocycles. The average molecular weight is 242 g/mol. The average Bonchev–Trinajstić information content (AvgIpc) is 2.26. The number of carboxylic acids is 1. The van der Waals surface area contributed by atoms with Crippen LogP contribution < -0.4 is 10.1 Å². The standard InChI is InChI=1S/C11H12ClNO3/c1-3-4-13-9-6-10(16-2)7(11(14)15)5-8(9)12/h3,5-6,13H,1,4H2,2H3,(H,14,15). The molecular weight excluding hydrogens is 230 g/mol. The quantitative estimate of drug-likeness (QED) is 0.778. The molecule has 1 rings (SSSR count). The first kappa shape index (κ1) is 12.4. The van der Waals surface area contributed by atoms with Crippen LogP contribution in [-0.4, -0.2) is 24.7 Å². The number of carboxylic acid groups (broad SMARTS) is 1. The maximum Gasteiger partial charge on any atom is 0.339 e. The molecule has 1 aromatic carbocycles. The van der Waals surface area contributed by atoms with E-state index >= 15 is 0 Å². The van der Waals surface area contributed by atoms with Crippen LogP contribution in [0.5, 0.6) is 5.75 Å². The molecule has 86 valence electrons. The first-order valence-corrected chi connectivity index (χ1v) is 4.93. The molecule has 0 radical (unpaired) electrons. The zero-order valence-electron chi connectivity index (χ0n) is 8.79. The van der Waals surface area contributed by atoms with E-state index in [1.807, 2.05) is 0 Å². The summed E-state index contributed by atoms with van der Waals surface area (Å²) in [5, 5.41) is 12.2. The molecule has 16 heavy (non-hydrogen) atoms. The fourth-order valence-electron chi connectivity index (χ4n) is 1.21. The second-order valence-corrected chi connectivity index (χ2v) is 3.41. The number of halogens is 1. The predicted molar refractivity (Wildman–Crippen MR) is 63.7 cm³/mol. The van der Waals surface area contributed by atoms with E-state index in [1.54, 1.807) is 12.1 Å². The summed E-state index contributed by atoms with van der Waals surface area (Å²) in [6, 6.07) is 2.91. The van der Waals surface area contributed by atoms with Gasteiger partial charge in [-0.05, 0) is 6.07 Å². The van der Waals surface area contributed by atoms with Gasteiger partial charge in [-0.3, -0.25) is 0 Å². The Kier molecular flexibility index (Phi) is 4.19. The molecule has 0 bridgehead atoms. The van der Waals surface area contributed by atoms with E-state index in [-0.39, 0.29) is 11.3 Å². The fraction of sp³-hybridized carbons (Fsp3) is 0.182. The highest BCUT2D eigenvalue weighted by Crippen LogP contribution is 2.30. The summed E-state index contributed by atoms with van der Waals surface area (Å²) in [5.74, 6) is -0.808. The minimum Gasteiger partial charge on any atom is -0.496 e. The number of hydrogen-bond donors (Lipinski definition) is 2. The van der Waals surface area contributed by atoms with Crippen molar-refractivity contribution in [1.82, 2.24) is 0 Å². The zero-order valence-corrected chi connectivity index (χ0v) is 9.54. The Bertz CT molecular complexity index is 418. The summed E-state index contributed by atoms with van der Waals surface area (Å²) in [7, 11) is 1.41. The minimum atomic E-state index is -1.07. The molecule has 0 aliphatic heterocycles. The number of hydrogen-bond acceptors (Lipinski definition) is 3. The second-order valence-electron chi connectivity index (χ2n) is 3.01. The van der Waals surface area contributed by atoms with Gasteiger partial charge in [0.15, 0.2) is 0 Å². The van der Waals surface area contributed by atoms with Gasteiger partial charge in [0.1, 0.15) is 11.3 Å². The molecule has 2 N–H and O–H groups in total. The number of carbonyl (C=O) groups is 1. The Balaban J connectivity index is 3.14. The molecule has 4 nitrogen and oxygen atoms in total. The van der Waals surface area contributed by atoms with E-state index in [2.05, 4.69) is 11.9 Å². The largest absolute Gasteiger partial charge is 0.496 e.